The van der Waals surface area contributed by atoms with E-state index in [1.165, 1.54) is 32.4 Å². The van der Waals surface area contributed by atoms with Crippen molar-refractivity contribution >= 4 is 0 Å². The molecule has 0 aromatic rings. The summed E-state index contributed by atoms with van der Waals surface area (Å²) < 4.78 is 0. The van der Waals surface area contributed by atoms with E-state index in [1.54, 1.807) is 0 Å². The molecule has 1 N–H and O–H groups in total. The Morgan fingerprint density at radius 2 is 1.94 bits per heavy atom. The minimum atomic E-state index is 0.698. The van der Waals surface area contributed by atoms with Crippen molar-refractivity contribution in [2.24, 2.45) is 11.8 Å². The molecule has 0 spiro atoms. The van der Waals surface area contributed by atoms with Gasteiger partial charge in [-0.25, -0.2) is 0 Å². The van der Waals surface area contributed by atoms with Crippen molar-refractivity contribution in [2.75, 3.05) is 13.1 Å². The van der Waals surface area contributed by atoms with E-state index in [1.807, 2.05) is 0 Å². The molecule has 0 aromatic heterocycles. The van der Waals surface area contributed by atoms with Crippen LogP contribution in [0.3, 0.4) is 0 Å². The summed E-state index contributed by atoms with van der Waals surface area (Å²) in [6, 6.07) is 2.28. The smallest absolute Gasteiger partial charge is 0.0252 e. The molecule has 2 heteroatoms. The summed E-state index contributed by atoms with van der Waals surface area (Å²) in [7, 11) is 0. The van der Waals surface area contributed by atoms with Crippen LogP contribution in [-0.2, 0) is 0 Å². The Morgan fingerprint density at radius 1 is 1.25 bits per heavy atom. The molecular formula is C14H28N2. The third-order valence-corrected chi connectivity index (χ3v) is 4.55. The molecule has 1 heterocycles. The second-order valence-electron chi connectivity index (χ2n) is 6.12. The minimum Gasteiger partial charge on any atom is -0.311 e. The average molecular weight is 224 g/mol. The van der Waals surface area contributed by atoms with E-state index in [-0.39, 0.29) is 0 Å². The highest BCUT2D eigenvalue weighted by Crippen LogP contribution is 2.37. The van der Waals surface area contributed by atoms with Crippen molar-refractivity contribution in [1.82, 2.24) is 10.2 Å². The molecule has 1 saturated carbocycles. The maximum absolute atomic E-state index is 3.76. The Kier molecular flexibility index (Phi) is 3.91. The lowest BCUT2D eigenvalue weighted by molar-refractivity contribution is 0.0628. The molecule has 0 radical (unpaired) electrons. The van der Waals surface area contributed by atoms with Gasteiger partial charge in [0.15, 0.2) is 0 Å². The molecule has 3 unspecified atom stereocenters. The molecule has 2 aliphatic rings. The number of hydrogen-bond acceptors (Lipinski definition) is 2. The van der Waals surface area contributed by atoms with Gasteiger partial charge in [0.1, 0.15) is 0 Å². The van der Waals surface area contributed by atoms with E-state index in [2.05, 4.69) is 37.9 Å². The van der Waals surface area contributed by atoms with Crippen LogP contribution < -0.4 is 5.32 Å². The lowest BCUT2D eigenvalue weighted by Gasteiger charge is -2.45. The van der Waals surface area contributed by atoms with E-state index < -0.39 is 0 Å². The van der Waals surface area contributed by atoms with Gasteiger partial charge in [0, 0.05) is 31.2 Å². The maximum Gasteiger partial charge on any atom is 0.0252 e. The van der Waals surface area contributed by atoms with E-state index in [0.29, 0.717) is 6.04 Å². The van der Waals surface area contributed by atoms with Crippen LogP contribution in [0.5, 0.6) is 0 Å². The molecular weight excluding hydrogens is 196 g/mol. The number of hydrogen-bond donors (Lipinski definition) is 1. The van der Waals surface area contributed by atoms with Gasteiger partial charge in [0.05, 0.1) is 0 Å². The fraction of sp³-hybridized carbons (Fsp3) is 1.00. The van der Waals surface area contributed by atoms with Crippen LogP contribution in [0.1, 0.15) is 47.0 Å². The molecule has 0 amide bonds. The molecule has 0 bridgehead atoms. The molecule has 0 aromatic carbocycles. The van der Waals surface area contributed by atoms with Gasteiger partial charge in [0.25, 0.3) is 0 Å². The van der Waals surface area contributed by atoms with Gasteiger partial charge in [0.2, 0.25) is 0 Å². The molecule has 1 aliphatic heterocycles. The Morgan fingerprint density at radius 3 is 2.44 bits per heavy atom. The molecule has 1 saturated heterocycles. The van der Waals surface area contributed by atoms with Crippen LogP contribution >= 0.6 is 0 Å². The molecule has 16 heavy (non-hydrogen) atoms. The highest BCUT2D eigenvalue weighted by Gasteiger charge is 2.40. The topological polar surface area (TPSA) is 15.3 Å². The highest BCUT2D eigenvalue weighted by molar-refractivity contribution is 4.97. The largest absolute Gasteiger partial charge is 0.311 e. The predicted molar refractivity (Wildman–Crippen MR) is 69.6 cm³/mol. The van der Waals surface area contributed by atoms with Crippen LogP contribution in [0.25, 0.3) is 0 Å². The fourth-order valence-corrected chi connectivity index (χ4v) is 2.92. The molecule has 2 rings (SSSR count). The van der Waals surface area contributed by atoms with E-state index >= 15 is 0 Å². The van der Waals surface area contributed by atoms with Gasteiger partial charge in [-0.3, -0.25) is 4.90 Å². The zero-order valence-corrected chi connectivity index (χ0v) is 11.4. The molecule has 94 valence electrons. The van der Waals surface area contributed by atoms with Crippen molar-refractivity contribution in [3.63, 3.8) is 0 Å². The summed E-state index contributed by atoms with van der Waals surface area (Å²) in [5.41, 5.74) is 0. The third kappa shape index (κ3) is 2.60. The standard InChI is InChI=1S/C14H28N2/c1-5-11(4)16-9-13(10(2)3)15-8-14(16)12-6-7-12/h10-15H,5-9H2,1-4H3. The number of nitrogens with zero attached hydrogens (tertiary/aromatic N) is 1. The van der Waals surface area contributed by atoms with Crippen LogP contribution in [0.15, 0.2) is 0 Å². The van der Waals surface area contributed by atoms with E-state index in [4.69, 9.17) is 0 Å². The van der Waals surface area contributed by atoms with Gasteiger partial charge >= 0.3 is 0 Å². The first-order valence-corrected chi connectivity index (χ1v) is 7.12. The van der Waals surface area contributed by atoms with Crippen molar-refractivity contribution in [1.29, 1.82) is 0 Å². The molecule has 3 atom stereocenters. The van der Waals surface area contributed by atoms with Gasteiger partial charge < -0.3 is 5.32 Å². The van der Waals surface area contributed by atoms with Gasteiger partial charge in [-0.1, -0.05) is 20.8 Å². The van der Waals surface area contributed by atoms with Gasteiger partial charge in [-0.2, -0.15) is 0 Å². The van der Waals surface area contributed by atoms with Crippen molar-refractivity contribution < 1.29 is 0 Å². The summed E-state index contributed by atoms with van der Waals surface area (Å²) >= 11 is 0. The summed E-state index contributed by atoms with van der Waals surface area (Å²) in [5.74, 6) is 1.75. The number of nitrogens with one attached hydrogen (secondary N) is 1. The number of piperazine rings is 1. The Labute approximate surface area is 101 Å². The summed E-state index contributed by atoms with van der Waals surface area (Å²) in [4.78, 5) is 2.79. The average Bonchev–Trinajstić information content (AvgIpc) is 3.11. The Bertz CT molecular complexity index is 223. The van der Waals surface area contributed by atoms with Crippen molar-refractivity contribution in [3.05, 3.63) is 0 Å². The van der Waals surface area contributed by atoms with E-state index in [9.17, 15) is 0 Å². The molecule has 1 aliphatic carbocycles. The lowest BCUT2D eigenvalue weighted by Crippen LogP contribution is -2.60. The summed E-state index contributed by atoms with van der Waals surface area (Å²) in [6.45, 7) is 11.9. The molecule has 2 fully saturated rings. The first-order valence-electron chi connectivity index (χ1n) is 7.12. The van der Waals surface area contributed by atoms with E-state index in [0.717, 1.165) is 23.9 Å². The molecule has 2 nitrogen and oxygen atoms in total. The lowest BCUT2D eigenvalue weighted by atomic mass is 9.95. The summed E-state index contributed by atoms with van der Waals surface area (Å²) in [5, 5.41) is 3.76. The van der Waals surface area contributed by atoms with Gasteiger partial charge in [-0.05, 0) is 38.0 Å². The second-order valence-corrected chi connectivity index (χ2v) is 6.12. The van der Waals surface area contributed by atoms with Crippen molar-refractivity contribution in [3.8, 4) is 0 Å². The van der Waals surface area contributed by atoms with Gasteiger partial charge in [-0.15, -0.1) is 0 Å². The predicted octanol–water partition coefficient (Wildman–Crippen LogP) is 2.49. The van der Waals surface area contributed by atoms with Crippen LogP contribution in [0.2, 0.25) is 0 Å². The SMILES string of the molecule is CCC(C)N1CC(C(C)C)NCC1C1CC1. The first-order chi connectivity index (χ1) is 7.63. The number of rotatable bonds is 4. The maximum atomic E-state index is 3.76. The van der Waals surface area contributed by atoms with Crippen LogP contribution in [0, 0.1) is 11.8 Å². The minimum absolute atomic E-state index is 0.698. The summed E-state index contributed by atoms with van der Waals surface area (Å²) in [6.07, 6.45) is 4.21. The zero-order valence-electron chi connectivity index (χ0n) is 11.4. The quantitative estimate of drug-likeness (QED) is 0.789. The Hall–Kier alpha value is -0.0800. The van der Waals surface area contributed by atoms with Crippen molar-refractivity contribution in [2.45, 2.75) is 65.1 Å². The highest BCUT2D eigenvalue weighted by atomic mass is 15.3. The van der Waals surface area contributed by atoms with Crippen LogP contribution in [0.4, 0.5) is 0 Å². The first kappa shape index (κ1) is 12.4. The monoisotopic (exact) mass is 224 g/mol. The fourth-order valence-electron chi connectivity index (χ4n) is 2.92. The Balaban J connectivity index is 2.00. The third-order valence-electron chi connectivity index (χ3n) is 4.55. The normalized spacial score (nSPS) is 34.3. The zero-order chi connectivity index (χ0) is 11.7. The van der Waals surface area contributed by atoms with Crippen LogP contribution in [-0.4, -0.2) is 36.1 Å². The second kappa shape index (κ2) is 5.05.